The number of hydrogen-bond acceptors (Lipinski definition) is 4. The lowest BCUT2D eigenvalue weighted by Gasteiger charge is -2.32. The molecule has 0 radical (unpaired) electrons. The quantitative estimate of drug-likeness (QED) is 0.477. The molecule has 1 N–H and O–H groups in total. The molecule has 0 amide bonds. The van der Waals surface area contributed by atoms with Gasteiger partial charge in [-0.15, -0.1) is 10.3 Å². The Kier molecular flexibility index (Phi) is 11.0. The van der Waals surface area contributed by atoms with Crippen LogP contribution in [0.15, 0.2) is 0 Å². The van der Waals surface area contributed by atoms with Crippen molar-refractivity contribution in [2.75, 3.05) is 44.7 Å². The highest BCUT2D eigenvalue weighted by Crippen LogP contribution is 2.40. The van der Waals surface area contributed by atoms with Gasteiger partial charge in [-0.2, -0.15) is 0 Å². The van der Waals surface area contributed by atoms with Crippen molar-refractivity contribution in [2.45, 2.75) is 71.5 Å². The second-order valence-electron chi connectivity index (χ2n) is 7.38. The van der Waals surface area contributed by atoms with E-state index >= 15 is 0 Å². The Hall–Kier alpha value is 0.190. The summed E-state index contributed by atoms with van der Waals surface area (Å²) in [6, 6.07) is 0. The van der Waals surface area contributed by atoms with Crippen LogP contribution in [0.25, 0.3) is 0 Å². The molecular formula is C18H40O4S. The van der Waals surface area contributed by atoms with E-state index in [0.717, 1.165) is 38.2 Å². The van der Waals surface area contributed by atoms with Crippen molar-refractivity contribution in [1.82, 2.24) is 0 Å². The zero-order valence-electron chi connectivity index (χ0n) is 16.4. The van der Waals surface area contributed by atoms with Crippen molar-refractivity contribution in [2.24, 2.45) is 0 Å². The summed E-state index contributed by atoms with van der Waals surface area (Å²) in [4.78, 5) is 0. The Bertz CT molecular complexity index is 307. The summed E-state index contributed by atoms with van der Waals surface area (Å²) in [5, 5.41) is 9.03. The molecule has 23 heavy (non-hydrogen) atoms. The Labute approximate surface area is 145 Å². The van der Waals surface area contributed by atoms with Crippen LogP contribution in [0.2, 0.25) is 0 Å². The maximum atomic E-state index is 9.03. The Morgan fingerprint density at radius 2 is 1.57 bits per heavy atom. The van der Waals surface area contributed by atoms with Crippen LogP contribution in [-0.2, 0) is 13.7 Å². The van der Waals surface area contributed by atoms with Gasteiger partial charge in [-0.05, 0) is 64.7 Å². The molecule has 0 spiro atoms. The lowest BCUT2D eigenvalue weighted by Crippen LogP contribution is -2.33. The largest absolute Gasteiger partial charge is 0.396 e. The van der Waals surface area contributed by atoms with Crippen molar-refractivity contribution >= 4 is 10.3 Å². The summed E-state index contributed by atoms with van der Waals surface area (Å²) >= 11 is 0. The summed E-state index contributed by atoms with van der Waals surface area (Å²) < 4.78 is 17.9. The summed E-state index contributed by atoms with van der Waals surface area (Å²) in [5.74, 6) is 1.10. The Morgan fingerprint density at radius 3 is 2.09 bits per heavy atom. The Balaban J connectivity index is 4.01. The van der Waals surface area contributed by atoms with Crippen LogP contribution in [0.1, 0.15) is 60.3 Å². The monoisotopic (exact) mass is 352 g/mol. The average Bonchev–Trinajstić information content (AvgIpc) is 2.46. The third-order valence-corrected chi connectivity index (χ3v) is 6.62. The number of aliphatic hydroxyl groups excluding tert-OH is 1. The fraction of sp³-hybridized carbons (Fsp3) is 1.00. The molecule has 0 aliphatic carbocycles. The van der Waals surface area contributed by atoms with Gasteiger partial charge in [0.2, 0.25) is 0 Å². The lowest BCUT2D eigenvalue weighted by molar-refractivity contribution is -0.0874. The highest BCUT2D eigenvalue weighted by molar-refractivity contribution is 8.28. The minimum absolute atomic E-state index is 0.150. The van der Waals surface area contributed by atoms with E-state index in [1.807, 2.05) is 13.8 Å². The molecule has 0 heterocycles. The molecule has 0 aromatic carbocycles. The first-order valence-electron chi connectivity index (χ1n) is 8.84. The van der Waals surface area contributed by atoms with Gasteiger partial charge < -0.3 is 18.8 Å². The van der Waals surface area contributed by atoms with E-state index in [0.29, 0.717) is 13.0 Å². The van der Waals surface area contributed by atoms with E-state index in [-0.39, 0.29) is 17.8 Å². The average molecular weight is 353 g/mol. The third kappa shape index (κ3) is 11.4. The molecule has 1 unspecified atom stereocenters. The Morgan fingerprint density at radius 1 is 0.913 bits per heavy atom. The summed E-state index contributed by atoms with van der Waals surface area (Å²) in [7, 11) is -0.873. The standard InChI is InChI=1S/C18H40O4S/c1-8-18(5,12-16-20-17(3,4)11-13-19)21-14-10-15-22-23(6,7)9-2/h19H,8-16H2,1-7H3. The molecule has 0 aromatic rings. The van der Waals surface area contributed by atoms with Gasteiger partial charge in [0.05, 0.1) is 24.4 Å². The van der Waals surface area contributed by atoms with Crippen LogP contribution < -0.4 is 0 Å². The summed E-state index contributed by atoms with van der Waals surface area (Å²) in [5.41, 5.74) is -0.422. The minimum Gasteiger partial charge on any atom is -0.396 e. The number of hydrogen-bond donors (Lipinski definition) is 1. The molecule has 5 heteroatoms. The maximum absolute atomic E-state index is 9.03. The van der Waals surface area contributed by atoms with Crippen molar-refractivity contribution in [3.8, 4) is 0 Å². The lowest BCUT2D eigenvalue weighted by atomic mass is 9.99. The number of ether oxygens (including phenoxy) is 2. The molecule has 0 aliphatic rings. The third-order valence-electron chi connectivity index (χ3n) is 4.42. The molecular weight excluding hydrogens is 312 g/mol. The molecule has 1 atom stereocenters. The highest BCUT2D eigenvalue weighted by Gasteiger charge is 2.25. The van der Waals surface area contributed by atoms with E-state index < -0.39 is 10.3 Å². The van der Waals surface area contributed by atoms with Crippen molar-refractivity contribution in [1.29, 1.82) is 0 Å². The highest BCUT2D eigenvalue weighted by atomic mass is 32.3. The smallest absolute Gasteiger partial charge is 0.0673 e. The van der Waals surface area contributed by atoms with E-state index in [1.165, 1.54) is 0 Å². The van der Waals surface area contributed by atoms with Crippen molar-refractivity contribution < 1.29 is 18.8 Å². The molecule has 0 aromatic heterocycles. The second-order valence-corrected chi connectivity index (χ2v) is 11.1. The number of rotatable bonds is 14. The van der Waals surface area contributed by atoms with Crippen molar-refractivity contribution in [3.05, 3.63) is 0 Å². The van der Waals surface area contributed by atoms with Crippen LogP contribution in [0, 0.1) is 0 Å². The first-order chi connectivity index (χ1) is 10.6. The normalized spacial score (nSPS) is 16.3. The molecule has 4 nitrogen and oxygen atoms in total. The molecule has 142 valence electrons. The van der Waals surface area contributed by atoms with Gasteiger partial charge in [-0.3, -0.25) is 0 Å². The first kappa shape index (κ1) is 23.2. The molecule has 0 saturated carbocycles. The molecule has 0 aliphatic heterocycles. The minimum atomic E-state index is -0.873. The van der Waals surface area contributed by atoms with Crippen LogP contribution in [0.3, 0.4) is 0 Å². The predicted molar refractivity (Wildman–Crippen MR) is 102 cm³/mol. The fourth-order valence-corrected chi connectivity index (χ4v) is 2.72. The zero-order chi connectivity index (χ0) is 18.0. The topological polar surface area (TPSA) is 47.9 Å². The van der Waals surface area contributed by atoms with Crippen molar-refractivity contribution in [3.63, 3.8) is 0 Å². The second kappa shape index (κ2) is 10.9. The molecule has 0 bridgehead atoms. The van der Waals surface area contributed by atoms with Crippen LogP contribution >= 0.6 is 10.3 Å². The number of aliphatic hydroxyl groups is 1. The van der Waals surface area contributed by atoms with Gasteiger partial charge >= 0.3 is 0 Å². The van der Waals surface area contributed by atoms with Gasteiger partial charge in [0.1, 0.15) is 0 Å². The van der Waals surface area contributed by atoms with Crippen LogP contribution in [-0.4, -0.2) is 61.0 Å². The summed E-state index contributed by atoms with van der Waals surface area (Å²) in [6.07, 6.45) is 7.83. The first-order valence-corrected chi connectivity index (χ1v) is 11.4. The van der Waals surface area contributed by atoms with Gasteiger partial charge in [0, 0.05) is 13.2 Å². The maximum Gasteiger partial charge on any atom is 0.0673 e. The molecule has 0 saturated heterocycles. The van der Waals surface area contributed by atoms with Gasteiger partial charge in [0.15, 0.2) is 0 Å². The van der Waals surface area contributed by atoms with Gasteiger partial charge in [-0.1, -0.05) is 13.8 Å². The van der Waals surface area contributed by atoms with Crippen LogP contribution in [0.5, 0.6) is 0 Å². The fourth-order valence-electron chi connectivity index (χ4n) is 1.98. The predicted octanol–water partition coefficient (Wildman–Crippen LogP) is 4.15. The van der Waals surface area contributed by atoms with E-state index in [2.05, 4.69) is 33.3 Å². The summed E-state index contributed by atoms with van der Waals surface area (Å²) in [6.45, 7) is 12.8. The van der Waals surface area contributed by atoms with Gasteiger partial charge in [0.25, 0.3) is 0 Å². The molecule has 0 fully saturated rings. The van der Waals surface area contributed by atoms with Gasteiger partial charge in [-0.25, -0.2) is 0 Å². The van der Waals surface area contributed by atoms with Crippen LogP contribution in [0.4, 0.5) is 0 Å². The zero-order valence-corrected chi connectivity index (χ0v) is 17.3. The SMILES string of the molecule is CCC(C)(CCOC(C)(C)CCO)OCCCOS(C)(C)CC. The van der Waals surface area contributed by atoms with E-state index in [4.69, 9.17) is 18.8 Å². The molecule has 0 rings (SSSR count). The van der Waals surface area contributed by atoms with E-state index in [9.17, 15) is 0 Å². The van der Waals surface area contributed by atoms with E-state index in [1.54, 1.807) is 0 Å².